The van der Waals surface area contributed by atoms with E-state index in [4.69, 9.17) is 16.3 Å². The van der Waals surface area contributed by atoms with E-state index in [9.17, 15) is 4.79 Å². The van der Waals surface area contributed by atoms with Crippen LogP contribution in [-0.4, -0.2) is 13.1 Å². The number of H-pyrrole nitrogens is 1. The SMILES string of the molecule is COC(=O)c1cc(Cl)c[nH+]c1C=Cc1ccc(Br)cc1. The van der Waals surface area contributed by atoms with Gasteiger partial charge in [-0.05, 0) is 29.8 Å². The van der Waals surface area contributed by atoms with Crippen LogP contribution in [0.2, 0.25) is 5.02 Å². The zero-order valence-corrected chi connectivity index (χ0v) is 13.0. The fourth-order valence-electron chi connectivity index (χ4n) is 1.65. The third-order valence-electron chi connectivity index (χ3n) is 2.66. The van der Waals surface area contributed by atoms with Crippen molar-refractivity contribution < 1.29 is 14.5 Å². The molecule has 0 saturated heterocycles. The summed E-state index contributed by atoms with van der Waals surface area (Å²) in [6.45, 7) is 0. The normalized spacial score (nSPS) is 10.8. The third kappa shape index (κ3) is 3.68. The second kappa shape index (κ2) is 6.68. The Bertz CT molecular complexity index is 653. The number of carbonyl (C=O) groups excluding carboxylic acids is 1. The molecule has 2 aromatic rings. The van der Waals surface area contributed by atoms with Crippen molar-refractivity contribution in [2.24, 2.45) is 0 Å². The van der Waals surface area contributed by atoms with E-state index in [0.717, 1.165) is 10.0 Å². The van der Waals surface area contributed by atoms with Gasteiger partial charge in [-0.25, -0.2) is 9.78 Å². The summed E-state index contributed by atoms with van der Waals surface area (Å²) in [6.07, 6.45) is 5.33. The molecule has 20 heavy (non-hydrogen) atoms. The molecule has 5 heteroatoms. The van der Waals surface area contributed by atoms with Gasteiger partial charge in [-0.15, -0.1) is 0 Å². The van der Waals surface area contributed by atoms with Crippen LogP contribution in [0.15, 0.2) is 41.0 Å². The number of pyridine rings is 1. The highest BCUT2D eigenvalue weighted by atomic mass is 79.9. The van der Waals surface area contributed by atoms with E-state index in [1.807, 2.05) is 36.4 Å². The minimum atomic E-state index is -0.431. The third-order valence-corrected chi connectivity index (χ3v) is 3.40. The number of nitrogens with one attached hydrogen (secondary N) is 1. The molecule has 1 aromatic heterocycles. The smallest absolute Gasteiger partial charge is 0.344 e. The number of halogens is 2. The van der Waals surface area contributed by atoms with Gasteiger partial charge >= 0.3 is 5.97 Å². The maximum Gasteiger partial charge on any atom is 0.344 e. The minimum Gasteiger partial charge on any atom is -0.465 e. The molecule has 0 radical (unpaired) electrons. The number of aromatic nitrogens is 1. The Labute approximate surface area is 130 Å². The summed E-state index contributed by atoms with van der Waals surface area (Å²) in [7, 11) is 1.34. The van der Waals surface area contributed by atoms with Gasteiger partial charge < -0.3 is 4.74 Å². The summed E-state index contributed by atoms with van der Waals surface area (Å²) in [5.41, 5.74) is 2.06. The number of carbonyl (C=O) groups is 1. The van der Waals surface area contributed by atoms with Crippen LogP contribution >= 0.6 is 27.5 Å². The van der Waals surface area contributed by atoms with Gasteiger partial charge in [-0.2, -0.15) is 0 Å². The van der Waals surface area contributed by atoms with Crippen molar-refractivity contribution in [3.63, 3.8) is 0 Å². The monoisotopic (exact) mass is 352 g/mol. The van der Waals surface area contributed by atoms with Crippen molar-refractivity contribution in [1.82, 2.24) is 0 Å². The van der Waals surface area contributed by atoms with Crippen molar-refractivity contribution in [2.75, 3.05) is 7.11 Å². The molecular weight excluding hydrogens is 342 g/mol. The average molecular weight is 354 g/mol. The Hall–Kier alpha value is -1.65. The molecule has 0 aliphatic carbocycles. The molecule has 1 N–H and O–H groups in total. The van der Waals surface area contributed by atoms with Gasteiger partial charge in [0, 0.05) is 10.5 Å². The van der Waals surface area contributed by atoms with E-state index < -0.39 is 5.97 Å². The Morgan fingerprint density at radius 1 is 1.30 bits per heavy atom. The molecule has 0 amide bonds. The Balaban J connectivity index is 2.33. The van der Waals surface area contributed by atoms with Crippen molar-refractivity contribution in [3.05, 3.63) is 62.8 Å². The van der Waals surface area contributed by atoms with Crippen LogP contribution in [0.25, 0.3) is 12.2 Å². The predicted molar refractivity (Wildman–Crippen MR) is 82.4 cm³/mol. The van der Waals surface area contributed by atoms with Gasteiger partial charge in [0.2, 0.25) is 5.69 Å². The maximum absolute atomic E-state index is 11.7. The standard InChI is InChI=1S/C15H11BrClNO2/c1-20-15(19)13-8-12(17)9-18-14(13)7-4-10-2-5-11(16)6-3-10/h2-9H,1H3/p+1. The molecule has 0 spiro atoms. The lowest BCUT2D eigenvalue weighted by atomic mass is 10.1. The molecule has 3 nitrogen and oxygen atoms in total. The number of aromatic amines is 1. The quantitative estimate of drug-likeness (QED) is 0.786. The fourth-order valence-corrected chi connectivity index (χ4v) is 2.08. The van der Waals surface area contributed by atoms with Crippen LogP contribution in [0.5, 0.6) is 0 Å². The lowest BCUT2D eigenvalue weighted by Crippen LogP contribution is -2.15. The number of methoxy groups -OCH3 is 1. The Kier molecular flexibility index (Phi) is 4.93. The summed E-state index contributed by atoms with van der Waals surface area (Å²) < 4.78 is 5.76. The highest BCUT2D eigenvalue weighted by molar-refractivity contribution is 9.10. The molecule has 0 aliphatic rings. The van der Waals surface area contributed by atoms with Gasteiger partial charge in [0.05, 0.1) is 7.11 Å². The summed E-state index contributed by atoms with van der Waals surface area (Å²) in [6, 6.07) is 9.41. The van der Waals surface area contributed by atoms with E-state index in [-0.39, 0.29) is 0 Å². The first-order chi connectivity index (χ1) is 9.60. The van der Waals surface area contributed by atoms with Gasteiger partial charge in [0.15, 0.2) is 6.20 Å². The highest BCUT2D eigenvalue weighted by Gasteiger charge is 2.16. The van der Waals surface area contributed by atoms with E-state index in [1.54, 1.807) is 12.3 Å². The van der Waals surface area contributed by atoms with Crippen LogP contribution in [-0.2, 0) is 4.74 Å². The lowest BCUT2D eigenvalue weighted by molar-refractivity contribution is -0.381. The van der Waals surface area contributed by atoms with Crippen molar-refractivity contribution in [1.29, 1.82) is 0 Å². The molecular formula is C15H12BrClNO2+. The molecule has 0 aliphatic heterocycles. The van der Waals surface area contributed by atoms with E-state index in [0.29, 0.717) is 16.3 Å². The average Bonchev–Trinajstić information content (AvgIpc) is 2.46. The zero-order valence-electron chi connectivity index (χ0n) is 10.7. The van der Waals surface area contributed by atoms with Gasteiger partial charge in [0.25, 0.3) is 0 Å². The number of esters is 1. The predicted octanol–water partition coefficient (Wildman–Crippen LogP) is 3.87. The number of hydrogen-bond donors (Lipinski definition) is 0. The number of hydrogen-bond acceptors (Lipinski definition) is 2. The van der Waals surface area contributed by atoms with Crippen LogP contribution in [0.1, 0.15) is 21.6 Å². The van der Waals surface area contributed by atoms with Crippen molar-refractivity contribution in [3.8, 4) is 0 Å². The lowest BCUT2D eigenvalue weighted by Gasteiger charge is -1.99. The molecule has 0 atom stereocenters. The largest absolute Gasteiger partial charge is 0.465 e. The number of benzene rings is 1. The van der Waals surface area contributed by atoms with Gasteiger partial charge in [0.1, 0.15) is 10.6 Å². The van der Waals surface area contributed by atoms with E-state index in [1.165, 1.54) is 7.11 Å². The fraction of sp³-hybridized carbons (Fsp3) is 0.0667. The van der Waals surface area contributed by atoms with E-state index in [2.05, 4.69) is 20.9 Å². The van der Waals surface area contributed by atoms with Crippen LogP contribution in [0, 0.1) is 0 Å². The molecule has 0 bridgehead atoms. The van der Waals surface area contributed by atoms with E-state index >= 15 is 0 Å². The van der Waals surface area contributed by atoms with Crippen LogP contribution in [0.4, 0.5) is 0 Å². The summed E-state index contributed by atoms with van der Waals surface area (Å²) in [4.78, 5) is 14.7. The summed E-state index contributed by atoms with van der Waals surface area (Å²) in [5, 5.41) is 0.450. The summed E-state index contributed by atoms with van der Waals surface area (Å²) >= 11 is 9.27. The first-order valence-corrected chi connectivity index (χ1v) is 7.00. The molecule has 1 heterocycles. The number of ether oxygens (including phenoxy) is 1. The highest BCUT2D eigenvalue weighted by Crippen LogP contribution is 2.16. The van der Waals surface area contributed by atoms with Crippen molar-refractivity contribution in [2.45, 2.75) is 0 Å². The second-order valence-corrected chi connectivity index (χ2v) is 5.37. The first kappa shape index (κ1) is 14.8. The topological polar surface area (TPSA) is 40.4 Å². The van der Waals surface area contributed by atoms with Gasteiger partial charge in [-0.3, -0.25) is 0 Å². The Morgan fingerprint density at radius 3 is 2.65 bits per heavy atom. The molecule has 0 unspecified atom stereocenters. The second-order valence-electron chi connectivity index (χ2n) is 4.02. The molecule has 0 fully saturated rings. The molecule has 2 rings (SSSR count). The Morgan fingerprint density at radius 2 is 2.00 bits per heavy atom. The van der Waals surface area contributed by atoms with Gasteiger partial charge in [-0.1, -0.05) is 39.7 Å². The molecule has 1 aromatic carbocycles. The molecule has 0 saturated carbocycles. The van der Waals surface area contributed by atoms with Crippen LogP contribution < -0.4 is 4.98 Å². The van der Waals surface area contributed by atoms with Crippen LogP contribution in [0.3, 0.4) is 0 Å². The minimum absolute atomic E-state index is 0.397. The van der Waals surface area contributed by atoms with Crippen molar-refractivity contribution >= 4 is 45.7 Å². The number of rotatable bonds is 3. The molecule has 102 valence electrons. The summed E-state index contributed by atoms with van der Waals surface area (Å²) in [5.74, 6) is -0.431. The zero-order chi connectivity index (χ0) is 14.5. The first-order valence-electron chi connectivity index (χ1n) is 5.83. The maximum atomic E-state index is 11.7.